The van der Waals surface area contributed by atoms with Crippen molar-refractivity contribution in [2.75, 3.05) is 24.3 Å². The standard InChI is InChI=1S/C23H32FN3O3S/c1-7-17(4)27(31(29,30)21-11-8-19(24)9-12-21)15-18-14-20(25-23(28)16(2)3)10-13-22(18)26(5)6/h8-14,16-17H,7,15H2,1-6H3,(H,25,28)/t17-/m0/s1. The molecule has 0 saturated carbocycles. The van der Waals surface area contributed by atoms with Gasteiger partial charge < -0.3 is 10.2 Å². The number of amides is 1. The molecule has 2 aromatic carbocycles. The third-order valence-electron chi connectivity index (χ3n) is 5.18. The molecule has 0 unspecified atom stereocenters. The SMILES string of the molecule is CC[C@H](C)N(Cc1cc(NC(=O)C(C)C)ccc1N(C)C)S(=O)(=O)c1ccc(F)cc1. The Morgan fingerprint density at radius 1 is 1.06 bits per heavy atom. The van der Waals surface area contributed by atoms with Crippen LogP contribution < -0.4 is 10.2 Å². The highest BCUT2D eigenvalue weighted by atomic mass is 32.2. The molecule has 0 aliphatic carbocycles. The molecule has 170 valence electrons. The van der Waals surface area contributed by atoms with Gasteiger partial charge in [-0.1, -0.05) is 20.8 Å². The summed E-state index contributed by atoms with van der Waals surface area (Å²) in [5.74, 6) is -0.772. The molecular formula is C23H32FN3O3S. The highest BCUT2D eigenvalue weighted by Crippen LogP contribution is 2.29. The average Bonchev–Trinajstić information content (AvgIpc) is 2.71. The van der Waals surface area contributed by atoms with Gasteiger partial charge in [0, 0.05) is 44.0 Å². The monoisotopic (exact) mass is 449 g/mol. The van der Waals surface area contributed by atoms with Crippen LogP contribution in [-0.2, 0) is 21.4 Å². The van der Waals surface area contributed by atoms with Crippen molar-refractivity contribution in [3.05, 3.63) is 53.8 Å². The molecular weight excluding hydrogens is 417 g/mol. The van der Waals surface area contributed by atoms with Crippen molar-refractivity contribution in [1.82, 2.24) is 4.31 Å². The fourth-order valence-electron chi connectivity index (χ4n) is 3.10. The molecule has 0 spiro atoms. The van der Waals surface area contributed by atoms with Gasteiger partial charge in [-0.3, -0.25) is 4.79 Å². The van der Waals surface area contributed by atoms with E-state index in [0.29, 0.717) is 12.1 Å². The smallest absolute Gasteiger partial charge is 0.243 e. The third kappa shape index (κ3) is 6.04. The Kier molecular flexibility index (Phi) is 8.20. The van der Waals surface area contributed by atoms with Crippen LogP contribution in [0.15, 0.2) is 47.4 Å². The van der Waals surface area contributed by atoms with Crippen molar-refractivity contribution in [2.45, 2.75) is 51.6 Å². The molecule has 0 radical (unpaired) electrons. The van der Waals surface area contributed by atoms with Crippen molar-refractivity contribution in [3.8, 4) is 0 Å². The minimum Gasteiger partial charge on any atom is -0.377 e. The molecule has 31 heavy (non-hydrogen) atoms. The lowest BCUT2D eigenvalue weighted by Gasteiger charge is -2.30. The van der Waals surface area contributed by atoms with Gasteiger partial charge in [0.2, 0.25) is 15.9 Å². The topological polar surface area (TPSA) is 69.7 Å². The van der Waals surface area contributed by atoms with Crippen molar-refractivity contribution in [2.24, 2.45) is 5.92 Å². The summed E-state index contributed by atoms with van der Waals surface area (Å²) in [5.41, 5.74) is 2.23. The van der Waals surface area contributed by atoms with E-state index < -0.39 is 15.8 Å². The Labute approximate surface area is 185 Å². The minimum absolute atomic E-state index is 0.0462. The summed E-state index contributed by atoms with van der Waals surface area (Å²) >= 11 is 0. The van der Waals surface area contributed by atoms with Crippen LogP contribution in [-0.4, -0.2) is 38.8 Å². The van der Waals surface area contributed by atoms with Gasteiger partial charge in [-0.05, 0) is 61.4 Å². The minimum atomic E-state index is -3.86. The number of carbonyl (C=O) groups is 1. The number of carbonyl (C=O) groups excluding carboxylic acids is 1. The summed E-state index contributed by atoms with van der Waals surface area (Å²) < 4.78 is 41.6. The quantitative estimate of drug-likeness (QED) is 0.613. The number of rotatable bonds is 9. The number of nitrogens with one attached hydrogen (secondary N) is 1. The maximum absolute atomic E-state index is 13.4. The van der Waals surface area contributed by atoms with Crippen LogP contribution in [0.25, 0.3) is 0 Å². The zero-order valence-electron chi connectivity index (χ0n) is 19.0. The van der Waals surface area contributed by atoms with Crippen LogP contribution in [0.5, 0.6) is 0 Å². The summed E-state index contributed by atoms with van der Waals surface area (Å²) in [6, 6.07) is 10.1. The predicted octanol–water partition coefficient (Wildman–Crippen LogP) is 4.48. The maximum atomic E-state index is 13.4. The molecule has 0 aliphatic rings. The van der Waals surface area contributed by atoms with Gasteiger partial charge in [-0.15, -0.1) is 0 Å². The lowest BCUT2D eigenvalue weighted by molar-refractivity contribution is -0.118. The van der Waals surface area contributed by atoms with Gasteiger partial charge in [0.05, 0.1) is 4.90 Å². The first-order chi connectivity index (χ1) is 14.5. The van der Waals surface area contributed by atoms with Gasteiger partial charge in [-0.25, -0.2) is 12.8 Å². The first-order valence-electron chi connectivity index (χ1n) is 10.4. The highest BCUT2D eigenvalue weighted by Gasteiger charge is 2.29. The lowest BCUT2D eigenvalue weighted by atomic mass is 10.1. The van der Waals surface area contributed by atoms with E-state index in [-0.39, 0.29) is 29.3 Å². The average molecular weight is 450 g/mol. The maximum Gasteiger partial charge on any atom is 0.243 e. The normalized spacial score (nSPS) is 12.8. The van der Waals surface area contributed by atoms with E-state index in [1.54, 1.807) is 6.07 Å². The first kappa shape index (κ1) is 24.8. The van der Waals surface area contributed by atoms with Crippen molar-refractivity contribution in [3.63, 3.8) is 0 Å². The summed E-state index contributed by atoms with van der Waals surface area (Å²) in [6.07, 6.45) is 0.613. The summed E-state index contributed by atoms with van der Waals surface area (Å²) in [5, 5.41) is 2.87. The second-order valence-electron chi connectivity index (χ2n) is 8.14. The molecule has 1 amide bonds. The van der Waals surface area contributed by atoms with Gasteiger partial charge in [-0.2, -0.15) is 4.31 Å². The number of hydrogen-bond donors (Lipinski definition) is 1. The number of sulfonamides is 1. The summed E-state index contributed by atoms with van der Waals surface area (Å²) in [4.78, 5) is 14.1. The zero-order valence-corrected chi connectivity index (χ0v) is 19.8. The molecule has 2 aromatic rings. The van der Waals surface area contributed by atoms with E-state index in [9.17, 15) is 17.6 Å². The number of nitrogens with zero attached hydrogens (tertiary/aromatic N) is 2. The fraction of sp³-hybridized carbons (Fsp3) is 0.435. The van der Waals surface area contributed by atoms with Gasteiger partial charge >= 0.3 is 0 Å². The molecule has 0 bridgehead atoms. The molecule has 6 nitrogen and oxygen atoms in total. The van der Waals surface area contributed by atoms with Crippen molar-refractivity contribution < 1.29 is 17.6 Å². The molecule has 2 rings (SSSR count). The lowest BCUT2D eigenvalue weighted by Crippen LogP contribution is -2.38. The second kappa shape index (κ2) is 10.2. The number of hydrogen-bond acceptors (Lipinski definition) is 4. The molecule has 0 saturated heterocycles. The van der Waals surface area contributed by atoms with Crippen LogP contribution in [0.3, 0.4) is 0 Å². The second-order valence-corrected chi connectivity index (χ2v) is 10.0. The van der Waals surface area contributed by atoms with Crippen LogP contribution in [0.2, 0.25) is 0 Å². The zero-order chi connectivity index (χ0) is 23.3. The Bertz CT molecular complexity index is 1010. The molecule has 1 N–H and O–H groups in total. The van der Waals surface area contributed by atoms with E-state index in [4.69, 9.17) is 0 Å². The van der Waals surface area contributed by atoms with Crippen LogP contribution in [0.4, 0.5) is 15.8 Å². The van der Waals surface area contributed by atoms with Gasteiger partial charge in [0.1, 0.15) is 5.82 Å². The number of halogens is 1. The molecule has 1 atom stereocenters. The molecule has 0 aromatic heterocycles. The van der Waals surface area contributed by atoms with Gasteiger partial charge in [0.15, 0.2) is 0 Å². The van der Waals surface area contributed by atoms with Crippen LogP contribution >= 0.6 is 0 Å². The fourth-order valence-corrected chi connectivity index (χ4v) is 4.79. The highest BCUT2D eigenvalue weighted by molar-refractivity contribution is 7.89. The number of anilines is 2. The van der Waals surface area contributed by atoms with E-state index in [0.717, 1.165) is 23.4 Å². The molecule has 8 heteroatoms. The molecule has 0 aliphatic heterocycles. The van der Waals surface area contributed by atoms with Crippen LogP contribution in [0.1, 0.15) is 39.7 Å². The van der Waals surface area contributed by atoms with E-state index in [2.05, 4.69) is 5.32 Å². The molecule has 0 heterocycles. The van der Waals surface area contributed by atoms with Crippen LogP contribution in [0, 0.1) is 11.7 Å². The Hall–Kier alpha value is -2.45. The Morgan fingerprint density at radius 3 is 2.19 bits per heavy atom. The number of benzene rings is 2. The van der Waals surface area contributed by atoms with Gasteiger partial charge in [0.25, 0.3) is 0 Å². The van der Waals surface area contributed by atoms with E-state index in [1.165, 1.54) is 16.4 Å². The largest absolute Gasteiger partial charge is 0.377 e. The van der Waals surface area contributed by atoms with Crippen molar-refractivity contribution >= 4 is 27.3 Å². The van der Waals surface area contributed by atoms with Crippen molar-refractivity contribution in [1.29, 1.82) is 0 Å². The third-order valence-corrected chi connectivity index (χ3v) is 7.16. The first-order valence-corrected chi connectivity index (χ1v) is 11.8. The Morgan fingerprint density at radius 2 is 1.68 bits per heavy atom. The van der Waals surface area contributed by atoms with E-state index >= 15 is 0 Å². The summed E-state index contributed by atoms with van der Waals surface area (Å²) in [7, 11) is -0.0939. The summed E-state index contributed by atoms with van der Waals surface area (Å²) in [6.45, 7) is 7.51. The van der Waals surface area contributed by atoms with E-state index in [1.807, 2.05) is 58.8 Å². The Balaban J connectivity index is 2.50. The molecule has 0 fully saturated rings. The predicted molar refractivity (Wildman–Crippen MR) is 123 cm³/mol.